The Morgan fingerprint density at radius 2 is 1.86 bits per heavy atom. The molecule has 0 saturated carbocycles. The number of anilines is 1. The molecule has 0 amide bonds. The molecule has 114 valence electrons. The molecule has 3 rings (SSSR count). The van der Waals surface area contributed by atoms with Crippen molar-refractivity contribution >= 4 is 21.5 Å². The van der Waals surface area contributed by atoms with Crippen molar-refractivity contribution in [1.29, 1.82) is 0 Å². The number of ether oxygens (including phenoxy) is 1. The third-order valence-corrected chi connectivity index (χ3v) is 4.91. The van der Waals surface area contributed by atoms with Gasteiger partial charge in [0, 0.05) is 17.7 Å². The summed E-state index contributed by atoms with van der Waals surface area (Å²) in [6.45, 7) is 2.06. The van der Waals surface area contributed by atoms with Crippen molar-refractivity contribution in [3.05, 3.63) is 53.6 Å². The summed E-state index contributed by atoms with van der Waals surface area (Å²) < 4.78 is 32.7. The SMILES string of the molecule is CC(=O)c1ccc(S(=O)(=O)Nc2ccc3c(c2)CCO3)cc1. The smallest absolute Gasteiger partial charge is 0.261 e. The zero-order chi connectivity index (χ0) is 15.7. The van der Waals surface area contributed by atoms with Crippen molar-refractivity contribution in [2.45, 2.75) is 18.2 Å². The number of rotatable bonds is 4. The Morgan fingerprint density at radius 1 is 1.14 bits per heavy atom. The van der Waals surface area contributed by atoms with E-state index in [1.54, 1.807) is 18.2 Å². The van der Waals surface area contributed by atoms with Gasteiger partial charge in [0.05, 0.1) is 11.5 Å². The molecule has 0 atom stereocenters. The van der Waals surface area contributed by atoms with Crippen molar-refractivity contribution in [3.8, 4) is 5.75 Å². The molecular formula is C16H15NO4S. The molecule has 1 aliphatic rings. The highest BCUT2D eigenvalue weighted by Gasteiger charge is 2.17. The normalized spacial score (nSPS) is 13.3. The molecule has 2 aromatic rings. The monoisotopic (exact) mass is 317 g/mol. The van der Waals surface area contributed by atoms with Crippen LogP contribution in [0, 0.1) is 0 Å². The van der Waals surface area contributed by atoms with Gasteiger partial charge in [-0.3, -0.25) is 9.52 Å². The standard InChI is InChI=1S/C16H15NO4S/c1-11(18)12-2-5-15(6-3-12)22(19,20)17-14-4-7-16-13(10-14)8-9-21-16/h2-7,10,17H,8-9H2,1H3. The molecule has 6 heteroatoms. The summed E-state index contributed by atoms with van der Waals surface area (Å²) >= 11 is 0. The number of nitrogens with one attached hydrogen (secondary N) is 1. The molecule has 1 N–H and O–H groups in total. The van der Waals surface area contributed by atoms with E-state index in [0.29, 0.717) is 17.9 Å². The summed E-state index contributed by atoms with van der Waals surface area (Å²) in [4.78, 5) is 11.3. The Hall–Kier alpha value is -2.34. The van der Waals surface area contributed by atoms with E-state index in [0.717, 1.165) is 17.7 Å². The topological polar surface area (TPSA) is 72.5 Å². The van der Waals surface area contributed by atoms with Crippen molar-refractivity contribution in [2.75, 3.05) is 11.3 Å². The molecule has 0 aromatic heterocycles. The van der Waals surface area contributed by atoms with Crippen molar-refractivity contribution in [2.24, 2.45) is 0 Å². The molecule has 0 fully saturated rings. The second-order valence-corrected chi connectivity index (χ2v) is 6.79. The highest BCUT2D eigenvalue weighted by molar-refractivity contribution is 7.92. The van der Waals surface area contributed by atoms with E-state index in [-0.39, 0.29) is 10.7 Å². The van der Waals surface area contributed by atoms with Gasteiger partial charge in [-0.25, -0.2) is 8.42 Å². The van der Waals surface area contributed by atoms with Gasteiger partial charge in [0.1, 0.15) is 5.75 Å². The van der Waals surface area contributed by atoms with E-state index in [1.807, 2.05) is 0 Å². The molecule has 5 nitrogen and oxygen atoms in total. The highest BCUT2D eigenvalue weighted by Crippen LogP contribution is 2.28. The third kappa shape index (κ3) is 2.82. The van der Waals surface area contributed by atoms with Crippen LogP contribution in [0.2, 0.25) is 0 Å². The van der Waals surface area contributed by atoms with Crippen molar-refractivity contribution in [3.63, 3.8) is 0 Å². The van der Waals surface area contributed by atoms with Crippen LogP contribution in [0.4, 0.5) is 5.69 Å². The van der Waals surface area contributed by atoms with Crippen LogP contribution in [0.1, 0.15) is 22.8 Å². The number of carbonyl (C=O) groups is 1. The van der Waals surface area contributed by atoms with Crippen molar-refractivity contribution in [1.82, 2.24) is 0 Å². The Bertz CT molecular complexity index is 826. The number of hydrogen-bond donors (Lipinski definition) is 1. The predicted molar refractivity (Wildman–Crippen MR) is 82.9 cm³/mol. The molecule has 0 unspecified atom stereocenters. The fourth-order valence-electron chi connectivity index (χ4n) is 2.33. The molecule has 1 aliphatic heterocycles. The van der Waals surface area contributed by atoms with E-state index in [4.69, 9.17) is 4.74 Å². The minimum absolute atomic E-state index is 0.101. The minimum Gasteiger partial charge on any atom is -0.493 e. The summed E-state index contributed by atoms with van der Waals surface area (Å²) in [6, 6.07) is 11.1. The van der Waals surface area contributed by atoms with Crippen LogP contribution < -0.4 is 9.46 Å². The van der Waals surface area contributed by atoms with Gasteiger partial charge >= 0.3 is 0 Å². The molecule has 0 radical (unpaired) electrons. The lowest BCUT2D eigenvalue weighted by Crippen LogP contribution is -2.13. The average molecular weight is 317 g/mol. The largest absolute Gasteiger partial charge is 0.493 e. The lowest BCUT2D eigenvalue weighted by atomic mass is 10.1. The second kappa shape index (κ2) is 5.46. The van der Waals surface area contributed by atoms with Crippen LogP contribution >= 0.6 is 0 Å². The summed E-state index contributed by atoms with van der Waals surface area (Å²) in [5.41, 5.74) is 1.97. The summed E-state index contributed by atoms with van der Waals surface area (Å²) in [5.74, 6) is 0.698. The van der Waals surface area contributed by atoms with Gasteiger partial charge < -0.3 is 4.74 Å². The van der Waals surface area contributed by atoms with Crippen LogP contribution in [0.15, 0.2) is 47.4 Å². The molecule has 22 heavy (non-hydrogen) atoms. The second-order valence-electron chi connectivity index (χ2n) is 5.11. The minimum atomic E-state index is -3.68. The van der Waals surface area contributed by atoms with E-state index in [1.165, 1.54) is 31.2 Å². The molecule has 0 saturated heterocycles. The predicted octanol–water partition coefficient (Wildman–Crippen LogP) is 2.62. The van der Waals surface area contributed by atoms with Crippen LogP contribution in [-0.2, 0) is 16.4 Å². The lowest BCUT2D eigenvalue weighted by molar-refractivity contribution is 0.101. The van der Waals surface area contributed by atoms with Gasteiger partial charge in [0.15, 0.2) is 5.78 Å². The molecular weight excluding hydrogens is 302 g/mol. The number of ketones is 1. The molecule has 0 spiro atoms. The molecule has 0 bridgehead atoms. The summed E-state index contributed by atoms with van der Waals surface area (Å²) in [7, 11) is -3.68. The quantitative estimate of drug-likeness (QED) is 0.880. The number of fused-ring (bicyclic) bond motifs is 1. The zero-order valence-electron chi connectivity index (χ0n) is 12.0. The Labute approximate surface area is 129 Å². The number of carbonyl (C=O) groups excluding carboxylic acids is 1. The lowest BCUT2D eigenvalue weighted by Gasteiger charge is -2.09. The summed E-state index contributed by atoms with van der Waals surface area (Å²) in [6.07, 6.45) is 0.776. The highest BCUT2D eigenvalue weighted by atomic mass is 32.2. The first-order valence-corrected chi connectivity index (χ1v) is 8.33. The maximum Gasteiger partial charge on any atom is 0.261 e. The van der Waals surface area contributed by atoms with Crippen molar-refractivity contribution < 1.29 is 17.9 Å². The van der Waals surface area contributed by atoms with E-state index in [9.17, 15) is 13.2 Å². The van der Waals surface area contributed by atoms with E-state index < -0.39 is 10.0 Å². The van der Waals surface area contributed by atoms with Gasteiger partial charge in [-0.05, 0) is 42.8 Å². The van der Waals surface area contributed by atoms with Gasteiger partial charge in [-0.2, -0.15) is 0 Å². The number of benzene rings is 2. The van der Waals surface area contributed by atoms with E-state index >= 15 is 0 Å². The first-order chi connectivity index (χ1) is 10.5. The van der Waals surface area contributed by atoms with Crippen LogP contribution in [0.5, 0.6) is 5.75 Å². The number of hydrogen-bond acceptors (Lipinski definition) is 4. The first kappa shape index (κ1) is 14.6. The fourth-order valence-corrected chi connectivity index (χ4v) is 3.38. The average Bonchev–Trinajstić information content (AvgIpc) is 2.94. The molecule has 0 aliphatic carbocycles. The van der Waals surface area contributed by atoms with Crippen LogP contribution in [0.3, 0.4) is 0 Å². The number of sulfonamides is 1. The maximum absolute atomic E-state index is 12.4. The first-order valence-electron chi connectivity index (χ1n) is 6.85. The Kier molecular flexibility index (Phi) is 3.62. The Morgan fingerprint density at radius 3 is 2.55 bits per heavy atom. The molecule has 2 aromatic carbocycles. The maximum atomic E-state index is 12.4. The van der Waals surface area contributed by atoms with Gasteiger partial charge in [0.2, 0.25) is 0 Å². The zero-order valence-corrected chi connectivity index (χ0v) is 12.8. The summed E-state index contributed by atoms with van der Waals surface area (Å²) in [5, 5.41) is 0. The fraction of sp³-hybridized carbons (Fsp3) is 0.188. The van der Waals surface area contributed by atoms with Gasteiger partial charge in [0.25, 0.3) is 10.0 Å². The van der Waals surface area contributed by atoms with Crippen LogP contribution in [0.25, 0.3) is 0 Å². The van der Waals surface area contributed by atoms with Gasteiger partial charge in [-0.15, -0.1) is 0 Å². The molecule has 1 heterocycles. The third-order valence-electron chi connectivity index (χ3n) is 3.51. The Balaban J connectivity index is 1.85. The van der Waals surface area contributed by atoms with E-state index in [2.05, 4.69) is 4.72 Å². The van der Waals surface area contributed by atoms with Crippen LogP contribution in [-0.4, -0.2) is 20.8 Å². The number of Topliss-reactive ketones (excluding diaryl/α,β-unsaturated/α-hetero) is 1. The van der Waals surface area contributed by atoms with Gasteiger partial charge in [-0.1, -0.05) is 12.1 Å².